The van der Waals surface area contributed by atoms with E-state index >= 15 is 0 Å². The molecule has 3 rings (SSSR count). The van der Waals surface area contributed by atoms with Crippen LogP contribution in [0.3, 0.4) is 0 Å². The van der Waals surface area contributed by atoms with E-state index in [4.69, 9.17) is 9.15 Å². The third-order valence-electron chi connectivity index (χ3n) is 3.41. The van der Waals surface area contributed by atoms with Crippen molar-refractivity contribution in [3.63, 3.8) is 0 Å². The van der Waals surface area contributed by atoms with Gasteiger partial charge >= 0.3 is 0 Å². The third kappa shape index (κ3) is 2.28. The molecule has 1 aromatic heterocycles. The van der Waals surface area contributed by atoms with Gasteiger partial charge in [0, 0.05) is 17.7 Å². The predicted molar refractivity (Wildman–Crippen MR) is 81.1 cm³/mol. The largest absolute Gasteiger partial charge is 0.504 e. The molecular formula is C16H12O7. The molecule has 7 heteroatoms. The van der Waals surface area contributed by atoms with Crippen LogP contribution < -0.4 is 10.2 Å². The molecule has 0 bridgehead atoms. The van der Waals surface area contributed by atoms with Crippen LogP contribution >= 0.6 is 0 Å². The molecule has 0 aliphatic rings. The van der Waals surface area contributed by atoms with Crippen LogP contribution in [0.2, 0.25) is 0 Å². The van der Waals surface area contributed by atoms with E-state index in [1.54, 1.807) is 0 Å². The standard InChI is InChI=1S/C16H12O7/c1-22-13-6-12-14(16(21)15(13)20)10(19)5-11(23-12)7-2-3-8(17)9(18)4-7/h2-6,17-18,20-21H,1H3. The van der Waals surface area contributed by atoms with Crippen LogP contribution in [0.25, 0.3) is 22.3 Å². The summed E-state index contributed by atoms with van der Waals surface area (Å²) in [7, 11) is 1.29. The lowest BCUT2D eigenvalue weighted by Gasteiger charge is -2.09. The van der Waals surface area contributed by atoms with Gasteiger partial charge in [-0.15, -0.1) is 0 Å². The van der Waals surface area contributed by atoms with Crippen molar-refractivity contribution in [2.24, 2.45) is 0 Å². The Morgan fingerprint density at radius 2 is 1.70 bits per heavy atom. The van der Waals surface area contributed by atoms with Gasteiger partial charge in [0.2, 0.25) is 5.75 Å². The normalized spacial score (nSPS) is 10.8. The second-order valence-electron chi connectivity index (χ2n) is 4.83. The molecule has 7 nitrogen and oxygen atoms in total. The fourth-order valence-corrected chi connectivity index (χ4v) is 2.24. The maximum Gasteiger partial charge on any atom is 0.201 e. The van der Waals surface area contributed by atoms with Crippen molar-refractivity contribution in [3.8, 4) is 40.1 Å². The fourth-order valence-electron chi connectivity index (χ4n) is 2.24. The molecule has 0 fully saturated rings. The first kappa shape index (κ1) is 14.6. The maximum absolute atomic E-state index is 12.2. The Morgan fingerprint density at radius 1 is 0.957 bits per heavy atom. The van der Waals surface area contributed by atoms with Gasteiger partial charge in [0.25, 0.3) is 0 Å². The highest BCUT2D eigenvalue weighted by atomic mass is 16.5. The third-order valence-corrected chi connectivity index (χ3v) is 3.41. The summed E-state index contributed by atoms with van der Waals surface area (Å²) in [5.41, 5.74) is -0.220. The Balaban J connectivity index is 2.31. The van der Waals surface area contributed by atoms with Crippen molar-refractivity contribution in [1.82, 2.24) is 0 Å². The molecule has 0 radical (unpaired) electrons. The van der Waals surface area contributed by atoms with Crippen LogP contribution in [0.4, 0.5) is 0 Å². The van der Waals surface area contributed by atoms with Gasteiger partial charge in [0.1, 0.15) is 16.7 Å². The number of ether oxygens (including phenoxy) is 1. The van der Waals surface area contributed by atoms with Crippen molar-refractivity contribution in [1.29, 1.82) is 0 Å². The lowest BCUT2D eigenvalue weighted by molar-refractivity contribution is 0.352. The summed E-state index contributed by atoms with van der Waals surface area (Å²) in [5, 5.41) is 38.4. The minimum atomic E-state index is -0.631. The van der Waals surface area contributed by atoms with Gasteiger partial charge in [-0.05, 0) is 18.2 Å². The Bertz CT molecular complexity index is 972. The van der Waals surface area contributed by atoms with Gasteiger partial charge in [-0.1, -0.05) is 0 Å². The molecule has 0 atom stereocenters. The van der Waals surface area contributed by atoms with Crippen molar-refractivity contribution in [2.75, 3.05) is 7.11 Å². The van der Waals surface area contributed by atoms with Gasteiger partial charge in [0.15, 0.2) is 28.4 Å². The lowest BCUT2D eigenvalue weighted by Crippen LogP contribution is -2.01. The summed E-state index contributed by atoms with van der Waals surface area (Å²) in [6.45, 7) is 0. The second-order valence-corrected chi connectivity index (χ2v) is 4.83. The molecule has 0 aliphatic heterocycles. The van der Waals surface area contributed by atoms with E-state index in [1.807, 2.05) is 0 Å². The number of fused-ring (bicyclic) bond motifs is 1. The van der Waals surface area contributed by atoms with Crippen LogP contribution in [0.1, 0.15) is 0 Å². The van der Waals surface area contributed by atoms with Gasteiger partial charge in [-0.25, -0.2) is 0 Å². The van der Waals surface area contributed by atoms with E-state index in [-0.39, 0.29) is 34.0 Å². The highest BCUT2D eigenvalue weighted by molar-refractivity contribution is 5.89. The minimum Gasteiger partial charge on any atom is -0.504 e. The SMILES string of the molecule is COc1cc2oc(-c3ccc(O)c(O)c3)cc(=O)c2c(O)c1O. The van der Waals surface area contributed by atoms with E-state index in [0.717, 1.165) is 6.07 Å². The first-order chi connectivity index (χ1) is 10.9. The zero-order chi connectivity index (χ0) is 16.7. The summed E-state index contributed by atoms with van der Waals surface area (Å²) in [6.07, 6.45) is 0. The first-order valence-corrected chi connectivity index (χ1v) is 6.51. The fraction of sp³-hybridized carbons (Fsp3) is 0.0625. The van der Waals surface area contributed by atoms with E-state index in [0.29, 0.717) is 5.56 Å². The molecule has 118 valence electrons. The Labute approximate surface area is 129 Å². The molecular weight excluding hydrogens is 304 g/mol. The average molecular weight is 316 g/mol. The summed E-state index contributed by atoms with van der Waals surface area (Å²) in [6, 6.07) is 6.33. The molecule has 1 heterocycles. The molecule has 0 saturated heterocycles. The number of hydrogen-bond donors (Lipinski definition) is 4. The van der Waals surface area contributed by atoms with Crippen molar-refractivity contribution in [3.05, 3.63) is 40.6 Å². The molecule has 23 heavy (non-hydrogen) atoms. The van der Waals surface area contributed by atoms with Crippen LogP contribution in [0.5, 0.6) is 28.7 Å². The number of rotatable bonds is 2. The molecule has 2 aromatic carbocycles. The number of hydrogen-bond acceptors (Lipinski definition) is 7. The number of phenols is 4. The molecule has 0 spiro atoms. The molecule has 4 N–H and O–H groups in total. The Kier molecular flexibility index (Phi) is 3.25. The first-order valence-electron chi connectivity index (χ1n) is 6.51. The quantitative estimate of drug-likeness (QED) is 0.535. The van der Waals surface area contributed by atoms with Crippen molar-refractivity contribution in [2.45, 2.75) is 0 Å². The number of benzene rings is 2. The number of phenolic OH excluding ortho intramolecular Hbond substituents is 4. The van der Waals surface area contributed by atoms with Crippen LogP contribution in [-0.4, -0.2) is 27.5 Å². The highest BCUT2D eigenvalue weighted by Crippen LogP contribution is 2.41. The summed E-state index contributed by atoms with van der Waals surface area (Å²) < 4.78 is 10.5. The van der Waals surface area contributed by atoms with E-state index in [1.165, 1.54) is 31.4 Å². The molecule has 0 amide bonds. The summed E-state index contributed by atoms with van der Waals surface area (Å²) in [4.78, 5) is 12.2. The lowest BCUT2D eigenvalue weighted by atomic mass is 10.1. The van der Waals surface area contributed by atoms with Gasteiger partial charge in [-0.3, -0.25) is 4.79 Å². The van der Waals surface area contributed by atoms with Gasteiger partial charge < -0.3 is 29.6 Å². The van der Waals surface area contributed by atoms with E-state index < -0.39 is 16.9 Å². The monoisotopic (exact) mass is 316 g/mol. The van der Waals surface area contributed by atoms with Crippen LogP contribution in [0.15, 0.2) is 39.5 Å². The molecule has 0 saturated carbocycles. The zero-order valence-electron chi connectivity index (χ0n) is 11.9. The van der Waals surface area contributed by atoms with Crippen molar-refractivity contribution < 1.29 is 29.6 Å². The van der Waals surface area contributed by atoms with Crippen LogP contribution in [-0.2, 0) is 0 Å². The molecule has 0 aliphatic carbocycles. The number of aromatic hydroxyl groups is 4. The zero-order valence-corrected chi connectivity index (χ0v) is 11.9. The molecule has 0 unspecified atom stereocenters. The minimum absolute atomic E-state index is 0.00668. The summed E-state index contributed by atoms with van der Waals surface area (Å²) in [5.74, 6) is -1.79. The van der Waals surface area contributed by atoms with Gasteiger partial charge in [-0.2, -0.15) is 0 Å². The predicted octanol–water partition coefficient (Wildman–Crippen LogP) is 2.29. The average Bonchev–Trinajstić information content (AvgIpc) is 2.52. The Hall–Kier alpha value is -3.35. The second kappa shape index (κ2) is 5.13. The van der Waals surface area contributed by atoms with Gasteiger partial charge in [0.05, 0.1) is 7.11 Å². The smallest absolute Gasteiger partial charge is 0.201 e. The van der Waals surface area contributed by atoms with Crippen molar-refractivity contribution >= 4 is 11.0 Å². The number of methoxy groups -OCH3 is 1. The highest BCUT2D eigenvalue weighted by Gasteiger charge is 2.18. The topological polar surface area (TPSA) is 120 Å². The van der Waals surface area contributed by atoms with Crippen LogP contribution in [0, 0.1) is 0 Å². The van der Waals surface area contributed by atoms with E-state index in [9.17, 15) is 25.2 Å². The molecule has 3 aromatic rings. The summed E-state index contributed by atoms with van der Waals surface area (Å²) >= 11 is 0. The van der Waals surface area contributed by atoms with E-state index in [2.05, 4.69) is 0 Å². The Morgan fingerprint density at radius 3 is 2.35 bits per heavy atom. The maximum atomic E-state index is 12.2.